The molecule has 2 rings (SSSR count). The van der Waals surface area contributed by atoms with E-state index in [4.69, 9.17) is 12.2 Å². The van der Waals surface area contributed by atoms with Crippen LogP contribution in [-0.4, -0.2) is 17.7 Å². The summed E-state index contributed by atoms with van der Waals surface area (Å²) in [5.74, 6) is 0.739. The Hall–Kier alpha value is -1.09. The standard InChI is InChI=1S/C16H24N2S/c1-13-7-5-6-10-15(13)18-16(19)17-12-11-14-8-3-2-4-9-14/h2-4,8-9,13,15H,5-7,10-12H2,1H3,(H2,17,18,19)/t13-,15+/m1/s1. The van der Waals surface area contributed by atoms with Crippen molar-refractivity contribution in [1.29, 1.82) is 0 Å². The molecule has 104 valence electrons. The first-order valence-corrected chi connectivity index (χ1v) is 7.75. The van der Waals surface area contributed by atoms with Crippen molar-refractivity contribution in [3.05, 3.63) is 35.9 Å². The summed E-state index contributed by atoms with van der Waals surface area (Å²) >= 11 is 5.38. The van der Waals surface area contributed by atoms with E-state index in [2.05, 4.69) is 41.8 Å². The number of hydrogen-bond donors (Lipinski definition) is 2. The summed E-state index contributed by atoms with van der Waals surface area (Å²) < 4.78 is 0. The van der Waals surface area contributed by atoms with E-state index in [1.807, 2.05) is 6.07 Å². The molecule has 19 heavy (non-hydrogen) atoms. The average molecular weight is 276 g/mol. The Bertz CT molecular complexity index is 391. The summed E-state index contributed by atoms with van der Waals surface area (Å²) in [5, 5.41) is 7.61. The van der Waals surface area contributed by atoms with Crippen LogP contribution in [0.1, 0.15) is 38.2 Å². The molecule has 0 spiro atoms. The van der Waals surface area contributed by atoms with E-state index in [-0.39, 0.29) is 0 Å². The minimum Gasteiger partial charge on any atom is -0.362 e. The Morgan fingerprint density at radius 1 is 1.21 bits per heavy atom. The van der Waals surface area contributed by atoms with Gasteiger partial charge in [-0.05, 0) is 43.0 Å². The lowest BCUT2D eigenvalue weighted by Crippen LogP contribution is -2.46. The quantitative estimate of drug-likeness (QED) is 0.825. The molecule has 0 heterocycles. The van der Waals surface area contributed by atoms with Crippen LogP contribution in [0.15, 0.2) is 30.3 Å². The zero-order valence-corrected chi connectivity index (χ0v) is 12.5. The highest BCUT2D eigenvalue weighted by atomic mass is 32.1. The highest BCUT2D eigenvalue weighted by Crippen LogP contribution is 2.23. The Kier molecular flexibility index (Phi) is 5.64. The molecule has 0 unspecified atom stereocenters. The minimum absolute atomic E-state index is 0.561. The molecule has 1 saturated carbocycles. The van der Waals surface area contributed by atoms with Crippen molar-refractivity contribution < 1.29 is 0 Å². The van der Waals surface area contributed by atoms with Gasteiger partial charge in [-0.1, -0.05) is 50.1 Å². The molecule has 0 amide bonds. The van der Waals surface area contributed by atoms with E-state index < -0.39 is 0 Å². The largest absolute Gasteiger partial charge is 0.362 e. The zero-order chi connectivity index (χ0) is 13.5. The molecule has 0 radical (unpaired) electrons. The van der Waals surface area contributed by atoms with Gasteiger partial charge in [-0.25, -0.2) is 0 Å². The maximum absolute atomic E-state index is 5.38. The predicted octanol–water partition coefficient (Wildman–Crippen LogP) is 3.27. The van der Waals surface area contributed by atoms with Crippen LogP contribution in [0.3, 0.4) is 0 Å². The maximum atomic E-state index is 5.38. The Morgan fingerprint density at radius 2 is 1.95 bits per heavy atom. The Labute approximate surface area is 122 Å². The van der Waals surface area contributed by atoms with Crippen LogP contribution >= 0.6 is 12.2 Å². The lowest BCUT2D eigenvalue weighted by atomic mass is 9.86. The first-order chi connectivity index (χ1) is 9.25. The third-order valence-electron chi connectivity index (χ3n) is 3.97. The van der Waals surface area contributed by atoms with Crippen molar-refractivity contribution >= 4 is 17.3 Å². The van der Waals surface area contributed by atoms with Crippen molar-refractivity contribution in [3.63, 3.8) is 0 Å². The second-order valence-electron chi connectivity index (χ2n) is 5.50. The van der Waals surface area contributed by atoms with E-state index in [1.54, 1.807) is 0 Å². The summed E-state index contributed by atoms with van der Waals surface area (Å²) in [6.07, 6.45) is 6.29. The maximum Gasteiger partial charge on any atom is 0.166 e. The van der Waals surface area contributed by atoms with Crippen LogP contribution in [0, 0.1) is 5.92 Å². The van der Waals surface area contributed by atoms with Gasteiger partial charge in [0.25, 0.3) is 0 Å². The predicted molar refractivity (Wildman–Crippen MR) is 85.3 cm³/mol. The fraction of sp³-hybridized carbons (Fsp3) is 0.562. The fourth-order valence-corrected chi connectivity index (χ4v) is 2.97. The smallest absolute Gasteiger partial charge is 0.166 e. The molecule has 0 bridgehead atoms. The molecule has 2 N–H and O–H groups in total. The molecule has 1 aromatic carbocycles. The summed E-state index contributed by atoms with van der Waals surface area (Å²) in [5.41, 5.74) is 1.35. The lowest BCUT2D eigenvalue weighted by molar-refractivity contribution is 0.308. The van der Waals surface area contributed by atoms with Crippen LogP contribution in [-0.2, 0) is 6.42 Å². The summed E-state index contributed by atoms with van der Waals surface area (Å²) in [6.45, 7) is 3.22. The van der Waals surface area contributed by atoms with Crippen LogP contribution in [0.2, 0.25) is 0 Å². The molecular formula is C16H24N2S. The normalized spacial score (nSPS) is 22.8. The van der Waals surface area contributed by atoms with Crippen LogP contribution in [0.4, 0.5) is 0 Å². The third kappa shape index (κ3) is 4.83. The lowest BCUT2D eigenvalue weighted by Gasteiger charge is -2.30. The van der Waals surface area contributed by atoms with E-state index in [0.29, 0.717) is 6.04 Å². The molecule has 2 nitrogen and oxygen atoms in total. The number of thiocarbonyl (C=S) groups is 1. The van der Waals surface area contributed by atoms with E-state index in [1.165, 1.54) is 31.2 Å². The van der Waals surface area contributed by atoms with Gasteiger partial charge in [0.15, 0.2) is 5.11 Å². The van der Waals surface area contributed by atoms with Crippen molar-refractivity contribution in [2.45, 2.75) is 45.1 Å². The number of rotatable bonds is 4. The molecule has 1 aliphatic carbocycles. The monoisotopic (exact) mass is 276 g/mol. The number of hydrogen-bond acceptors (Lipinski definition) is 1. The second-order valence-corrected chi connectivity index (χ2v) is 5.91. The molecule has 0 aromatic heterocycles. The van der Waals surface area contributed by atoms with Crippen LogP contribution < -0.4 is 10.6 Å². The summed E-state index contributed by atoms with van der Waals surface area (Å²) in [7, 11) is 0. The third-order valence-corrected chi connectivity index (χ3v) is 4.23. The van der Waals surface area contributed by atoms with Gasteiger partial charge in [0.05, 0.1) is 0 Å². The molecular weight excluding hydrogens is 252 g/mol. The number of benzene rings is 1. The first-order valence-electron chi connectivity index (χ1n) is 7.34. The highest BCUT2D eigenvalue weighted by molar-refractivity contribution is 7.80. The van der Waals surface area contributed by atoms with Gasteiger partial charge in [0.1, 0.15) is 0 Å². The summed E-state index contributed by atoms with van der Waals surface area (Å²) in [4.78, 5) is 0. The molecule has 0 aliphatic heterocycles. The van der Waals surface area contributed by atoms with Crippen LogP contribution in [0.5, 0.6) is 0 Å². The van der Waals surface area contributed by atoms with Crippen molar-refractivity contribution in [1.82, 2.24) is 10.6 Å². The molecule has 2 atom stereocenters. The first kappa shape index (κ1) is 14.3. The number of nitrogens with one attached hydrogen (secondary N) is 2. The van der Waals surface area contributed by atoms with Gasteiger partial charge in [-0.3, -0.25) is 0 Å². The summed E-state index contributed by atoms with van der Waals surface area (Å²) in [6, 6.07) is 11.1. The van der Waals surface area contributed by atoms with Gasteiger partial charge in [0, 0.05) is 12.6 Å². The molecule has 1 aromatic rings. The SMILES string of the molecule is C[C@@H]1CCCC[C@@H]1NC(=S)NCCc1ccccc1. The van der Waals surface area contributed by atoms with Gasteiger partial charge in [-0.15, -0.1) is 0 Å². The van der Waals surface area contributed by atoms with Gasteiger partial charge in [0.2, 0.25) is 0 Å². The molecule has 0 saturated heterocycles. The van der Waals surface area contributed by atoms with Gasteiger partial charge in [-0.2, -0.15) is 0 Å². The fourth-order valence-electron chi connectivity index (χ4n) is 2.72. The van der Waals surface area contributed by atoms with E-state index >= 15 is 0 Å². The van der Waals surface area contributed by atoms with Crippen molar-refractivity contribution in [3.8, 4) is 0 Å². The second kappa shape index (κ2) is 7.49. The minimum atomic E-state index is 0.561. The van der Waals surface area contributed by atoms with Crippen molar-refractivity contribution in [2.24, 2.45) is 5.92 Å². The molecule has 1 aliphatic rings. The highest BCUT2D eigenvalue weighted by Gasteiger charge is 2.21. The Balaban J connectivity index is 1.67. The van der Waals surface area contributed by atoms with Gasteiger partial charge >= 0.3 is 0 Å². The van der Waals surface area contributed by atoms with Crippen LogP contribution in [0.25, 0.3) is 0 Å². The van der Waals surface area contributed by atoms with E-state index in [0.717, 1.165) is 24.0 Å². The topological polar surface area (TPSA) is 24.1 Å². The van der Waals surface area contributed by atoms with Crippen molar-refractivity contribution in [2.75, 3.05) is 6.54 Å². The van der Waals surface area contributed by atoms with E-state index in [9.17, 15) is 0 Å². The van der Waals surface area contributed by atoms with Gasteiger partial charge < -0.3 is 10.6 Å². The average Bonchev–Trinajstić information content (AvgIpc) is 2.43. The Morgan fingerprint density at radius 3 is 2.68 bits per heavy atom. The molecule has 3 heteroatoms. The zero-order valence-electron chi connectivity index (χ0n) is 11.7. The molecule has 1 fully saturated rings.